The summed E-state index contributed by atoms with van der Waals surface area (Å²) in [6.45, 7) is 7.16. The van der Waals surface area contributed by atoms with Crippen molar-refractivity contribution in [2.24, 2.45) is 22.7 Å². The topological polar surface area (TPSA) is 80.3 Å². The standard InChI is InChI=1S/2C10H18O2.Mg/c2*1-10(2,9(11)12)8-6-4-3-5-7-8;/h2*8H,3-7H2,1-2H3,(H,11,12);/q;;+2/p-2. The van der Waals surface area contributed by atoms with Crippen LogP contribution in [0.5, 0.6) is 0 Å². The van der Waals surface area contributed by atoms with Crippen LogP contribution in [0.1, 0.15) is 91.9 Å². The van der Waals surface area contributed by atoms with Gasteiger partial charge < -0.3 is 19.8 Å². The molecule has 0 saturated heterocycles. The van der Waals surface area contributed by atoms with Gasteiger partial charge >= 0.3 is 23.1 Å². The van der Waals surface area contributed by atoms with Crippen LogP contribution in [0.4, 0.5) is 0 Å². The van der Waals surface area contributed by atoms with Crippen LogP contribution in [0.25, 0.3) is 0 Å². The SMILES string of the molecule is CC(C)(C(=O)[O-])C1CCCCC1.CC(C)(C(=O)[O-])C1CCCCC1.[Mg+2]. The minimum Gasteiger partial charge on any atom is -0.550 e. The van der Waals surface area contributed by atoms with Crippen LogP contribution in [0.3, 0.4) is 0 Å². The molecule has 2 aliphatic carbocycles. The molecule has 2 aliphatic rings. The van der Waals surface area contributed by atoms with Gasteiger partial charge in [0.25, 0.3) is 0 Å². The van der Waals surface area contributed by atoms with Crippen molar-refractivity contribution in [1.82, 2.24) is 0 Å². The van der Waals surface area contributed by atoms with Crippen molar-refractivity contribution >= 4 is 35.0 Å². The first-order chi connectivity index (χ1) is 11.1. The van der Waals surface area contributed by atoms with E-state index in [0.29, 0.717) is 11.8 Å². The monoisotopic (exact) mass is 362 g/mol. The number of hydrogen-bond acceptors (Lipinski definition) is 4. The van der Waals surface area contributed by atoms with E-state index in [9.17, 15) is 19.8 Å². The molecule has 0 amide bonds. The molecule has 0 atom stereocenters. The molecule has 140 valence electrons. The predicted molar refractivity (Wildman–Crippen MR) is 96.5 cm³/mol. The maximum Gasteiger partial charge on any atom is 2.00 e. The number of carbonyl (C=O) groups excluding carboxylic acids is 2. The van der Waals surface area contributed by atoms with Gasteiger partial charge in [-0.3, -0.25) is 0 Å². The molecule has 0 bridgehead atoms. The molecule has 0 heterocycles. The van der Waals surface area contributed by atoms with Gasteiger partial charge in [0.05, 0.1) is 0 Å². The van der Waals surface area contributed by atoms with Crippen LogP contribution in [-0.4, -0.2) is 35.0 Å². The van der Waals surface area contributed by atoms with E-state index in [0.717, 1.165) is 25.7 Å². The van der Waals surface area contributed by atoms with E-state index in [1.165, 1.54) is 38.5 Å². The average Bonchev–Trinajstić information content (AvgIpc) is 2.56. The largest absolute Gasteiger partial charge is 2.00 e. The summed E-state index contributed by atoms with van der Waals surface area (Å²) in [6.07, 6.45) is 11.5. The van der Waals surface area contributed by atoms with Crippen molar-refractivity contribution in [2.45, 2.75) is 91.9 Å². The smallest absolute Gasteiger partial charge is 0.550 e. The molecule has 0 spiro atoms. The Bertz CT molecular complexity index is 379. The molecule has 0 aromatic heterocycles. The van der Waals surface area contributed by atoms with Gasteiger partial charge in [-0.1, -0.05) is 66.2 Å². The Hall–Kier alpha value is -0.294. The molecular weight excluding hydrogens is 329 g/mol. The molecule has 0 aromatic carbocycles. The number of hydrogen-bond donors (Lipinski definition) is 0. The Balaban J connectivity index is 0.000000443. The Morgan fingerprint density at radius 1 is 0.640 bits per heavy atom. The number of carbonyl (C=O) groups is 2. The third-order valence-corrected chi connectivity index (χ3v) is 6.30. The van der Waals surface area contributed by atoms with Crippen molar-refractivity contribution in [3.05, 3.63) is 0 Å². The maximum atomic E-state index is 10.8. The fraction of sp³-hybridized carbons (Fsp3) is 0.900. The second-order valence-corrected chi connectivity index (χ2v) is 8.69. The number of carboxylic acids is 2. The third-order valence-electron chi connectivity index (χ3n) is 6.30. The molecule has 0 N–H and O–H groups in total. The fourth-order valence-electron chi connectivity index (χ4n) is 3.98. The van der Waals surface area contributed by atoms with Gasteiger partial charge in [-0.15, -0.1) is 0 Å². The van der Waals surface area contributed by atoms with Crippen LogP contribution in [0.2, 0.25) is 0 Å². The van der Waals surface area contributed by atoms with E-state index in [2.05, 4.69) is 0 Å². The van der Waals surface area contributed by atoms with E-state index in [-0.39, 0.29) is 23.1 Å². The van der Waals surface area contributed by atoms with Gasteiger partial charge in [0.1, 0.15) is 0 Å². The normalized spacial score (nSPS) is 20.0. The van der Waals surface area contributed by atoms with E-state index in [1.54, 1.807) is 27.7 Å². The van der Waals surface area contributed by atoms with E-state index < -0.39 is 22.8 Å². The van der Waals surface area contributed by atoms with Crippen LogP contribution in [0.15, 0.2) is 0 Å². The zero-order valence-electron chi connectivity index (χ0n) is 16.6. The Morgan fingerprint density at radius 3 is 1.08 bits per heavy atom. The second kappa shape index (κ2) is 10.8. The predicted octanol–water partition coefficient (Wildman–Crippen LogP) is 2.30. The molecule has 2 fully saturated rings. The summed E-state index contributed by atoms with van der Waals surface area (Å²) in [6, 6.07) is 0. The van der Waals surface area contributed by atoms with Gasteiger partial charge in [0.15, 0.2) is 0 Å². The molecular formula is C20H34MgO4. The summed E-state index contributed by atoms with van der Waals surface area (Å²) in [5.41, 5.74) is -1.25. The molecule has 4 nitrogen and oxygen atoms in total. The first kappa shape index (κ1) is 24.7. The fourth-order valence-corrected chi connectivity index (χ4v) is 3.98. The minimum atomic E-state index is -0.894. The summed E-state index contributed by atoms with van der Waals surface area (Å²) in [5.74, 6) is -1.13. The Morgan fingerprint density at radius 2 is 0.880 bits per heavy atom. The number of aliphatic carboxylic acids is 2. The van der Waals surface area contributed by atoms with Crippen molar-refractivity contribution < 1.29 is 19.8 Å². The number of rotatable bonds is 4. The average molecular weight is 363 g/mol. The summed E-state index contributed by atoms with van der Waals surface area (Å²) >= 11 is 0. The maximum absolute atomic E-state index is 10.8. The minimum absolute atomic E-state index is 0. The zero-order valence-corrected chi connectivity index (χ0v) is 18.0. The molecule has 5 heteroatoms. The molecule has 2 saturated carbocycles. The molecule has 0 unspecified atom stereocenters. The van der Waals surface area contributed by atoms with Gasteiger partial charge in [-0.25, -0.2) is 0 Å². The summed E-state index contributed by atoms with van der Waals surface area (Å²) < 4.78 is 0. The second-order valence-electron chi connectivity index (χ2n) is 8.69. The van der Waals surface area contributed by atoms with Gasteiger partial charge in [-0.05, 0) is 37.5 Å². The molecule has 0 aromatic rings. The Labute approximate surface area is 169 Å². The molecule has 25 heavy (non-hydrogen) atoms. The van der Waals surface area contributed by atoms with E-state index in [4.69, 9.17) is 0 Å². The van der Waals surface area contributed by atoms with E-state index in [1.807, 2.05) is 0 Å². The molecule has 0 aliphatic heterocycles. The number of carboxylic acid groups (broad SMARTS) is 2. The van der Waals surface area contributed by atoms with Crippen molar-refractivity contribution in [1.29, 1.82) is 0 Å². The van der Waals surface area contributed by atoms with Crippen LogP contribution in [-0.2, 0) is 9.59 Å². The summed E-state index contributed by atoms with van der Waals surface area (Å²) in [5, 5.41) is 21.6. The first-order valence-electron chi connectivity index (χ1n) is 9.53. The van der Waals surface area contributed by atoms with Gasteiger partial charge in [0, 0.05) is 22.8 Å². The summed E-state index contributed by atoms with van der Waals surface area (Å²) in [7, 11) is 0. The van der Waals surface area contributed by atoms with Crippen LogP contribution in [0, 0.1) is 22.7 Å². The molecule has 2 rings (SSSR count). The van der Waals surface area contributed by atoms with E-state index >= 15 is 0 Å². The quantitative estimate of drug-likeness (QED) is 0.719. The van der Waals surface area contributed by atoms with Gasteiger partial charge in [-0.2, -0.15) is 0 Å². The zero-order chi connectivity index (χ0) is 18.4. The van der Waals surface area contributed by atoms with Crippen molar-refractivity contribution in [3.8, 4) is 0 Å². The van der Waals surface area contributed by atoms with Crippen molar-refractivity contribution in [2.75, 3.05) is 0 Å². The molecule has 0 radical (unpaired) electrons. The Kier molecular flexibility index (Phi) is 10.6. The van der Waals surface area contributed by atoms with Crippen LogP contribution < -0.4 is 10.2 Å². The summed E-state index contributed by atoms with van der Waals surface area (Å²) in [4.78, 5) is 21.6. The van der Waals surface area contributed by atoms with Gasteiger partial charge in [0.2, 0.25) is 0 Å². The third kappa shape index (κ3) is 7.08. The first-order valence-corrected chi connectivity index (χ1v) is 9.53. The van der Waals surface area contributed by atoms with Crippen molar-refractivity contribution in [3.63, 3.8) is 0 Å². The van der Waals surface area contributed by atoms with Crippen LogP contribution >= 0.6 is 0 Å².